The lowest BCUT2D eigenvalue weighted by Gasteiger charge is -2.14. The number of carbonyl (C=O) groups is 2. The van der Waals surface area contributed by atoms with Gasteiger partial charge in [-0.05, 0) is 30.3 Å². The van der Waals surface area contributed by atoms with Crippen LogP contribution in [0.25, 0.3) is 10.9 Å². The normalized spacial score (nSPS) is 15.5. The van der Waals surface area contributed by atoms with E-state index in [2.05, 4.69) is 4.98 Å². The van der Waals surface area contributed by atoms with Crippen LogP contribution in [-0.4, -0.2) is 21.0 Å². The number of anilines is 1. The van der Waals surface area contributed by atoms with Gasteiger partial charge in [0.15, 0.2) is 10.1 Å². The van der Waals surface area contributed by atoms with Gasteiger partial charge in [-0.25, -0.2) is 0 Å². The smallest absolute Gasteiger partial charge is 0.270 e. The molecule has 2 heterocycles. The minimum Gasteiger partial charge on any atom is -0.360 e. The molecule has 0 bridgehead atoms. The second kappa shape index (κ2) is 6.83. The van der Waals surface area contributed by atoms with Crippen molar-refractivity contribution in [1.82, 2.24) is 4.98 Å². The molecule has 0 aliphatic carbocycles. The maximum atomic E-state index is 12.8. The number of nitrogens with zero attached hydrogens (tertiary/aromatic N) is 2. The number of aromatic amines is 1. The van der Waals surface area contributed by atoms with Crippen molar-refractivity contribution in [2.24, 2.45) is 0 Å². The Balaban J connectivity index is 1.64. The third kappa shape index (κ3) is 3.05. The van der Waals surface area contributed by atoms with Crippen molar-refractivity contribution in [2.45, 2.75) is 0 Å². The van der Waals surface area contributed by atoms with Gasteiger partial charge in [-0.15, -0.1) is 0 Å². The van der Waals surface area contributed by atoms with Gasteiger partial charge in [0.05, 0.1) is 22.2 Å². The van der Waals surface area contributed by atoms with Crippen LogP contribution in [0.15, 0.2) is 65.7 Å². The first kappa shape index (κ1) is 17.2. The zero-order chi connectivity index (χ0) is 19.0. The van der Waals surface area contributed by atoms with E-state index in [4.69, 9.17) is 17.5 Å². The first-order valence-corrected chi connectivity index (χ1v) is 9.19. The second-order valence-corrected chi connectivity index (χ2v) is 7.46. The Labute approximate surface area is 164 Å². The van der Waals surface area contributed by atoms with Crippen molar-refractivity contribution in [1.29, 1.82) is 5.26 Å². The van der Waals surface area contributed by atoms with Crippen LogP contribution >= 0.6 is 24.0 Å². The van der Waals surface area contributed by atoms with Crippen molar-refractivity contribution in [3.63, 3.8) is 0 Å². The number of thioether (sulfide) groups is 1. The summed E-state index contributed by atoms with van der Waals surface area (Å²) in [5.74, 6) is -0.601. The van der Waals surface area contributed by atoms with E-state index in [-0.39, 0.29) is 16.6 Å². The summed E-state index contributed by atoms with van der Waals surface area (Å²) in [7, 11) is 0. The van der Waals surface area contributed by atoms with Crippen LogP contribution in [0, 0.1) is 11.3 Å². The molecular weight excluding hydrogens is 378 g/mol. The molecule has 27 heavy (non-hydrogen) atoms. The summed E-state index contributed by atoms with van der Waals surface area (Å²) in [6.07, 6.45) is 2.98. The largest absolute Gasteiger partial charge is 0.360 e. The summed E-state index contributed by atoms with van der Waals surface area (Å²) < 4.78 is 0.350. The number of hydrogen-bond acceptors (Lipinski definition) is 5. The van der Waals surface area contributed by atoms with Gasteiger partial charge in [0.1, 0.15) is 0 Å². The molecule has 130 valence electrons. The summed E-state index contributed by atoms with van der Waals surface area (Å²) in [4.78, 5) is 30.2. The standard InChI is InChI=1S/C20H11N3O2S2/c21-10-12-5-7-13(8-6-12)23-19(25)18(27-20(23)26)9-17(24)15-11-22-16-4-2-1-3-14(15)16/h1-9,11,22H/b18-9-. The monoisotopic (exact) mass is 389 g/mol. The molecule has 1 aliphatic heterocycles. The van der Waals surface area contributed by atoms with Gasteiger partial charge >= 0.3 is 0 Å². The molecule has 1 fully saturated rings. The van der Waals surface area contributed by atoms with Crippen molar-refractivity contribution in [3.8, 4) is 6.07 Å². The third-order valence-corrected chi connectivity index (χ3v) is 5.47. The number of hydrogen-bond donors (Lipinski definition) is 1. The molecule has 0 unspecified atom stereocenters. The number of amides is 1. The van der Waals surface area contributed by atoms with Crippen LogP contribution < -0.4 is 4.90 Å². The number of aromatic nitrogens is 1. The molecule has 1 aromatic heterocycles. The van der Waals surface area contributed by atoms with Gasteiger partial charge in [0.25, 0.3) is 5.91 Å². The zero-order valence-corrected chi connectivity index (χ0v) is 15.4. The van der Waals surface area contributed by atoms with E-state index in [1.165, 1.54) is 11.0 Å². The maximum absolute atomic E-state index is 12.8. The van der Waals surface area contributed by atoms with Gasteiger partial charge in [-0.1, -0.05) is 42.2 Å². The SMILES string of the molecule is N#Cc1ccc(N2C(=O)/C(=C/C(=O)c3c[nH]c4ccccc34)SC2=S)cc1. The minimum atomic E-state index is -0.345. The first-order chi connectivity index (χ1) is 13.1. The van der Waals surface area contributed by atoms with Crippen molar-refractivity contribution >= 4 is 56.6 Å². The number of nitrogens with one attached hydrogen (secondary N) is 1. The van der Waals surface area contributed by atoms with E-state index in [1.807, 2.05) is 30.3 Å². The quantitative estimate of drug-likeness (QED) is 0.413. The van der Waals surface area contributed by atoms with E-state index >= 15 is 0 Å². The van der Waals surface area contributed by atoms with Crippen molar-refractivity contribution < 1.29 is 9.59 Å². The molecule has 0 atom stereocenters. The fourth-order valence-electron chi connectivity index (χ4n) is 2.85. The number of benzene rings is 2. The fraction of sp³-hybridized carbons (Fsp3) is 0. The lowest BCUT2D eigenvalue weighted by molar-refractivity contribution is -0.113. The number of para-hydroxylation sites is 1. The Kier molecular flexibility index (Phi) is 4.36. The van der Waals surface area contributed by atoms with Gasteiger partial charge < -0.3 is 4.98 Å². The lowest BCUT2D eigenvalue weighted by Crippen LogP contribution is -2.27. The summed E-state index contributed by atoms with van der Waals surface area (Å²) in [5, 5.41) is 9.70. The van der Waals surface area contributed by atoms with Gasteiger partial charge in [0.2, 0.25) is 0 Å². The molecule has 0 saturated carbocycles. The highest BCUT2D eigenvalue weighted by molar-refractivity contribution is 8.27. The Morgan fingerprint density at radius 1 is 1.19 bits per heavy atom. The van der Waals surface area contributed by atoms with E-state index in [0.717, 1.165) is 22.7 Å². The average Bonchev–Trinajstić information content (AvgIpc) is 3.23. The predicted molar refractivity (Wildman–Crippen MR) is 110 cm³/mol. The summed E-state index contributed by atoms with van der Waals surface area (Å²) in [6, 6.07) is 16.1. The molecule has 3 aromatic rings. The van der Waals surface area contributed by atoms with Gasteiger partial charge in [-0.2, -0.15) is 5.26 Å². The minimum absolute atomic E-state index is 0.257. The number of allylic oxidation sites excluding steroid dienone is 1. The van der Waals surface area contributed by atoms with Crippen molar-refractivity contribution in [3.05, 3.63) is 76.8 Å². The van der Waals surface area contributed by atoms with E-state index < -0.39 is 0 Å². The van der Waals surface area contributed by atoms with E-state index in [0.29, 0.717) is 21.1 Å². The lowest BCUT2D eigenvalue weighted by atomic mass is 10.1. The molecule has 1 amide bonds. The highest BCUT2D eigenvalue weighted by atomic mass is 32.2. The molecule has 1 aliphatic rings. The molecule has 5 nitrogen and oxygen atoms in total. The molecule has 1 N–H and O–H groups in total. The van der Waals surface area contributed by atoms with Crippen LogP contribution in [0.3, 0.4) is 0 Å². The Bertz CT molecular complexity index is 1170. The summed E-state index contributed by atoms with van der Waals surface area (Å²) in [5.41, 5.74) is 2.43. The zero-order valence-electron chi connectivity index (χ0n) is 13.8. The molecule has 7 heteroatoms. The number of ketones is 1. The van der Waals surface area contributed by atoms with Crippen LogP contribution in [0.1, 0.15) is 15.9 Å². The second-order valence-electron chi connectivity index (χ2n) is 5.79. The van der Waals surface area contributed by atoms with Crippen LogP contribution in [0.4, 0.5) is 5.69 Å². The Morgan fingerprint density at radius 3 is 2.67 bits per heavy atom. The number of thiocarbonyl (C=S) groups is 1. The molecule has 0 spiro atoms. The van der Waals surface area contributed by atoms with Crippen LogP contribution in [-0.2, 0) is 4.79 Å². The topological polar surface area (TPSA) is 77.0 Å². The number of carbonyl (C=O) groups excluding carboxylic acids is 2. The van der Waals surface area contributed by atoms with Crippen molar-refractivity contribution in [2.75, 3.05) is 4.90 Å². The van der Waals surface area contributed by atoms with Crippen LogP contribution in [0.5, 0.6) is 0 Å². The van der Waals surface area contributed by atoms with Crippen LogP contribution in [0.2, 0.25) is 0 Å². The van der Waals surface area contributed by atoms with E-state index in [1.54, 1.807) is 30.5 Å². The third-order valence-electron chi connectivity index (χ3n) is 4.17. The Morgan fingerprint density at radius 2 is 1.93 bits per heavy atom. The van der Waals surface area contributed by atoms with Gasteiger partial charge in [-0.3, -0.25) is 14.5 Å². The molecule has 0 radical (unpaired) electrons. The average molecular weight is 389 g/mol. The number of fused-ring (bicyclic) bond motifs is 1. The fourth-order valence-corrected chi connectivity index (χ4v) is 4.12. The molecule has 1 saturated heterocycles. The van der Waals surface area contributed by atoms with Gasteiger partial charge in [0, 0.05) is 28.7 Å². The molecule has 2 aromatic carbocycles. The first-order valence-electron chi connectivity index (χ1n) is 7.97. The predicted octanol–water partition coefficient (Wildman–Crippen LogP) is 4.17. The van der Waals surface area contributed by atoms with E-state index in [9.17, 15) is 9.59 Å². The number of H-pyrrole nitrogens is 1. The highest BCUT2D eigenvalue weighted by Gasteiger charge is 2.34. The summed E-state index contributed by atoms with van der Waals surface area (Å²) in [6.45, 7) is 0. The summed E-state index contributed by atoms with van der Waals surface area (Å²) >= 11 is 6.40. The highest BCUT2D eigenvalue weighted by Crippen LogP contribution is 2.35. The number of nitriles is 1. The Hall–Kier alpha value is -3.21. The number of rotatable bonds is 3. The molecule has 4 rings (SSSR count). The molecular formula is C20H11N3O2S2. The maximum Gasteiger partial charge on any atom is 0.270 e.